The van der Waals surface area contributed by atoms with Crippen molar-refractivity contribution in [3.8, 4) is 0 Å². The van der Waals surface area contributed by atoms with Crippen molar-refractivity contribution in [1.82, 2.24) is 0 Å². The second-order valence-electron chi connectivity index (χ2n) is 5.07. The molecule has 2 aliphatic rings. The minimum atomic E-state index is -5.21. The fourth-order valence-corrected chi connectivity index (χ4v) is 4.38. The van der Waals surface area contributed by atoms with Crippen LogP contribution in [0, 0.1) is 0 Å². The Morgan fingerprint density at radius 2 is 1.46 bits per heavy atom. The molecule has 2 aliphatic carbocycles. The van der Waals surface area contributed by atoms with Gasteiger partial charge >= 0.3 is 0 Å². The van der Waals surface area contributed by atoms with Crippen LogP contribution in [0.3, 0.4) is 0 Å². The molecule has 24 heavy (non-hydrogen) atoms. The number of Topliss-reactive ketones (excluding diaryl/α,β-unsaturated/α-hetero) is 1. The molecule has 2 N–H and O–H groups in total. The zero-order chi connectivity index (χ0) is 17.9. The van der Waals surface area contributed by atoms with Gasteiger partial charge in [-0.15, -0.1) is 0 Å². The molecule has 0 spiro atoms. The highest BCUT2D eigenvalue weighted by Crippen LogP contribution is 2.24. The van der Waals surface area contributed by atoms with Gasteiger partial charge in [-0.1, -0.05) is 6.08 Å². The summed E-state index contributed by atoms with van der Waals surface area (Å²) in [5.74, 6) is -1.63. The molecule has 3 rings (SSSR count). The molecule has 8 nitrogen and oxygen atoms in total. The van der Waals surface area contributed by atoms with E-state index in [2.05, 4.69) is 0 Å². The van der Waals surface area contributed by atoms with Crippen LogP contribution in [0.15, 0.2) is 28.0 Å². The van der Waals surface area contributed by atoms with Crippen LogP contribution in [0.1, 0.15) is 15.9 Å². The Labute approximate surface area is 135 Å². The first-order chi connectivity index (χ1) is 11.0. The highest BCUT2D eigenvalue weighted by Gasteiger charge is 2.36. The molecule has 10 heteroatoms. The molecule has 1 aromatic rings. The quantitative estimate of drug-likeness (QED) is 0.635. The standard InChI is InChI=1S/C14H8O8S2/c15-10-2-1-7-3-9-6-12(23(17,18)19)14(24(20,21)22)13(16)11(9)5-8(7)4-10/h1-6H,(H,17,18,19)(H,20,21,22). The van der Waals surface area contributed by atoms with Crippen molar-refractivity contribution in [2.45, 2.75) is 0 Å². The number of ketones is 2. The third-order valence-corrected chi connectivity index (χ3v) is 5.41. The average Bonchev–Trinajstić information content (AvgIpc) is 2.43. The Morgan fingerprint density at radius 1 is 0.792 bits per heavy atom. The molecule has 0 fully saturated rings. The van der Waals surface area contributed by atoms with Gasteiger partial charge in [0.05, 0.1) is 0 Å². The largest absolute Gasteiger partial charge is 0.299 e. The van der Waals surface area contributed by atoms with E-state index in [1.165, 1.54) is 30.4 Å². The van der Waals surface area contributed by atoms with Crippen molar-refractivity contribution in [1.29, 1.82) is 0 Å². The lowest BCUT2D eigenvalue weighted by atomic mass is 9.96. The summed E-state index contributed by atoms with van der Waals surface area (Å²) in [7, 11) is -10.3. The number of fused-ring (bicyclic) bond motifs is 2. The maximum atomic E-state index is 12.4. The van der Waals surface area contributed by atoms with Crippen LogP contribution in [-0.4, -0.2) is 37.5 Å². The molecule has 0 heterocycles. The Hall–Kier alpha value is -2.40. The Balaban J connectivity index is 2.47. The smallest absolute Gasteiger partial charge is 0.290 e. The van der Waals surface area contributed by atoms with E-state index >= 15 is 0 Å². The number of hydrogen-bond donors (Lipinski definition) is 2. The number of carbonyl (C=O) groups is 2. The normalized spacial score (nSPS) is 17.1. The molecular formula is C14H8O8S2. The van der Waals surface area contributed by atoms with Gasteiger partial charge in [-0.05, 0) is 46.4 Å². The van der Waals surface area contributed by atoms with E-state index < -0.39 is 35.8 Å². The lowest BCUT2D eigenvalue weighted by Crippen LogP contribution is -2.31. The maximum Gasteiger partial charge on any atom is 0.299 e. The highest BCUT2D eigenvalue weighted by atomic mass is 32.2. The predicted molar refractivity (Wildman–Crippen MR) is 83.1 cm³/mol. The van der Waals surface area contributed by atoms with Gasteiger partial charge in [0.15, 0.2) is 10.7 Å². The molecule has 0 aromatic heterocycles. The number of benzene rings is 1. The van der Waals surface area contributed by atoms with Crippen LogP contribution in [0.25, 0.3) is 18.2 Å². The lowest BCUT2D eigenvalue weighted by molar-refractivity contribution is -0.109. The zero-order valence-corrected chi connectivity index (χ0v) is 13.3. The molecule has 0 aliphatic heterocycles. The van der Waals surface area contributed by atoms with E-state index in [4.69, 9.17) is 0 Å². The van der Waals surface area contributed by atoms with Gasteiger partial charge in [-0.2, -0.15) is 16.8 Å². The summed E-state index contributed by atoms with van der Waals surface area (Å²) in [5, 5.41) is 0.374. The summed E-state index contributed by atoms with van der Waals surface area (Å²) < 4.78 is 64.0. The van der Waals surface area contributed by atoms with Gasteiger partial charge < -0.3 is 0 Å². The van der Waals surface area contributed by atoms with E-state index in [1.807, 2.05) is 0 Å². The predicted octanol–water partition coefficient (Wildman–Crippen LogP) is -0.973. The van der Waals surface area contributed by atoms with Gasteiger partial charge in [0.25, 0.3) is 20.2 Å². The molecular weight excluding hydrogens is 360 g/mol. The van der Waals surface area contributed by atoms with Crippen LogP contribution >= 0.6 is 0 Å². The first kappa shape index (κ1) is 16.5. The third kappa shape index (κ3) is 2.65. The highest BCUT2D eigenvalue weighted by molar-refractivity contribution is 7.94. The van der Waals surface area contributed by atoms with E-state index in [1.54, 1.807) is 0 Å². The van der Waals surface area contributed by atoms with Gasteiger partial charge in [0.1, 0.15) is 4.91 Å². The van der Waals surface area contributed by atoms with E-state index in [9.17, 15) is 35.5 Å². The summed E-state index contributed by atoms with van der Waals surface area (Å²) in [6.45, 7) is 0. The Bertz CT molecular complexity index is 1210. The molecule has 0 saturated heterocycles. The van der Waals surface area contributed by atoms with Crippen LogP contribution < -0.4 is 10.4 Å². The van der Waals surface area contributed by atoms with Gasteiger partial charge in [-0.25, -0.2) is 0 Å². The fourth-order valence-electron chi connectivity index (χ4n) is 2.49. The van der Waals surface area contributed by atoms with Crippen molar-refractivity contribution in [3.63, 3.8) is 0 Å². The monoisotopic (exact) mass is 368 g/mol. The number of rotatable bonds is 2. The van der Waals surface area contributed by atoms with Crippen molar-refractivity contribution in [2.75, 3.05) is 0 Å². The Morgan fingerprint density at radius 3 is 2.04 bits per heavy atom. The van der Waals surface area contributed by atoms with E-state index in [0.29, 0.717) is 10.8 Å². The minimum absolute atomic E-state index is 0.0335. The SMILES string of the molecule is O=C1C=Cc2cc3c(cc2=C1)C(=O)C(S(=O)(=O)O)=C(S(=O)(=O)O)C=3. The number of allylic oxidation sites excluding steroid dienone is 3. The molecule has 0 saturated carbocycles. The average molecular weight is 368 g/mol. The summed E-state index contributed by atoms with van der Waals surface area (Å²) in [4.78, 5) is 21.1. The Kier molecular flexibility index (Phi) is 3.46. The van der Waals surface area contributed by atoms with Crippen molar-refractivity contribution in [3.05, 3.63) is 49.6 Å². The molecule has 124 valence electrons. The zero-order valence-electron chi connectivity index (χ0n) is 11.6. The van der Waals surface area contributed by atoms with Crippen molar-refractivity contribution < 1.29 is 35.5 Å². The topological polar surface area (TPSA) is 143 Å². The van der Waals surface area contributed by atoms with E-state index in [0.717, 1.165) is 6.08 Å². The first-order valence-corrected chi connectivity index (χ1v) is 9.20. The minimum Gasteiger partial charge on any atom is -0.290 e. The second kappa shape index (κ2) is 5.05. The van der Waals surface area contributed by atoms with Crippen LogP contribution in [0.2, 0.25) is 0 Å². The molecule has 0 amide bonds. The third-order valence-electron chi connectivity index (χ3n) is 3.48. The van der Waals surface area contributed by atoms with Crippen LogP contribution in [0.5, 0.6) is 0 Å². The number of carbonyl (C=O) groups excluding carboxylic acids is 2. The molecule has 0 radical (unpaired) electrons. The van der Waals surface area contributed by atoms with Crippen LogP contribution in [0.4, 0.5) is 0 Å². The fraction of sp³-hybridized carbons (Fsp3) is 0. The van der Waals surface area contributed by atoms with Crippen molar-refractivity contribution >= 4 is 50.0 Å². The second-order valence-corrected chi connectivity index (χ2v) is 7.81. The maximum absolute atomic E-state index is 12.4. The molecule has 0 bridgehead atoms. The van der Waals surface area contributed by atoms with Gasteiger partial charge in [0, 0.05) is 5.56 Å². The van der Waals surface area contributed by atoms with Crippen LogP contribution in [-0.2, 0) is 25.0 Å². The molecule has 1 aromatic carbocycles. The van der Waals surface area contributed by atoms with Crippen molar-refractivity contribution in [2.24, 2.45) is 0 Å². The first-order valence-electron chi connectivity index (χ1n) is 6.32. The summed E-state index contributed by atoms with van der Waals surface area (Å²) >= 11 is 0. The summed E-state index contributed by atoms with van der Waals surface area (Å²) in [6, 6.07) is 2.59. The summed E-state index contributed by atoms with van der Waals surface area (Å²) in [5.41, 5.74) is 0.288. The molecule has 0 unspecified atom stereocenters. The van der Waals surface area contributed by atoms with Gasteiger partial charge in [0.2, 0.25) is 5.78 Å². The van der Waals surface area contributed by atoms with Gasteiger partial charge in [-0.3, -0.25) is 18.7 Å². The summed E-state index contributed by atoms with van der Waals surface area (Å²) in [6.07, 6.45) is 4.71. The lowest BCUT2D eigenvalue weighted by Gasteiger charge is -2.14. The number of hydrogen-bond acceptors (Lipinski definition) is 6. The van der Waals surface area contributed by atoms with E-state index in [-0.39, 0.29) is 16.6 Å². The molecule has 0 atom stereocenters.